The van der Waals surface area contributed by atoms with E-state index in [-0.39, 0.29) is 9.23 Å². The van der Waals surface area contributed by atoms with Gasteiger partial charge in [-0.2, -0.15) is 0 Å². The zero-order chi connectivity index (χ0) is 19.6. The minimum absolute atomic E-state index is 0.146. The molecule has 2 heterocycles. The van der Waals surface area contributed by atoms with E-state index in [0.29, 0.717) is 22.6 Å². The number of carbonyl (C=O) groups is 3. The molecular weight excluding hydrogens is 390 g/mol. The highest BCUT2D eigenvalue weighted by Gasteiger charge is 2.32. The van der Waals surface area contributed by atoms with Crippen LogP contribution in [-0.4, -0.2) is 40.7 Å². The highest BCUT2D eigenvalue weighted by molar-refractivity contribution is 8.26. The lowest BCUT2D eigenvalue weighted by molar-refractivity contribution is -0.305. The number of carboxylic acids is 1. The van der Waals surface area contributed by atoms with Crippen molar-refractivity contribution < 1.29 is 28.6 Å². The highest BCUT2D eigenvalue weighted by Crippen LogP contribution is 2.33. The first-order valence-electron chi connectivity index (χ1n) is 7.63. The lowest BCUT2D eigenvalue weighted by Gasteiger charge is -2.14. The van der Waals surface area contributed by atoms with E-state index in [0.717, 1.165) is 16.7 Å². The summed E-state index contributed by atoms with van der Waals surface area (Å²) in [5, 5.41) is 10.7. The second kappa shape index (κ2) is 7.77. The number of nitrogens with zero attached hydrogens (tertiary/aromatic N) is 1. The van der Waals surface area contributed by atoms with Crippen LogP contribution >= 0.6 is 24.0 Å². The highest BCUT2D eigenvalue weighted by atomic mass is 32.2. The standard InChI is InChI=1S/C18H13NO6S2/c1-24-17(23)11-4-2-3-10(7-11)13-6-5-12(25-13)8-14-16(22)19(9-15(20)21)18(26)27-14/h2-8H,9H2,1H3,(H,20,21)/p-1/b14-8-. The van der Waals surface area contributed by atoms with Crippen LogP contribution in [0.15, 0.2) is 45.7 Å². The van der Waals surface area contributed by atoms with E-state index >= 15 is 0 Å². The van der Waals surface area contributed by atoms with Crippen molar-refractivity contribution in [3.63, 3.8) is 0 Å². The van der Waals surface area contributed by atoms with Crippen LogP contribution in [0.3, 0.4) is 0 Å². The number of amides is 1. The van der Waals surface area contributed by atoms with Crippen molar-refractivity contribution in [2.45, 2.75) is 0 Å². The van der Waals surface area contributed by atoms with Crippen molar-refractivity contribution in [1.82, 2.24) is 4.90 Å². The number of hydrogen-bond donors (Lipinski definition) is 0. The van der Waals surface area contributed by atoms with Gasteiger partial charge in [0.25, 0.3) is 5.91 Å². The zero-order valence-corrected chi connectivity index (χ0v) is 15.6. The molecule has 1 aromatic carbocycles. The number of furan rings is 1. The summed E-state index contributed by atoms with van der Waals surface area (Å²) in [6.07, 6.45) is 1.49. The summed E-state index contributed by atoms with van der Waals surface area (Å²) in [5.41, 5.74) is 1.05. The molecule has 0 atom stereocenters. The quantitative estimate of drug-likeness (QED) is 0.423. The topological polar surface area (TPSA) is 99.9 Å². The Bertz CT molecular complexity index is 978. The van der Waals surface area contributed by atoms with Crippen LogP contribution < -0.4 is 5.11 Å². The molecule has 0 bridgehead atoms. The molecule has 3 rings (SSSR count). The van der Waals surface area contributed by atoms with Crippen LogP contribution in [0.5, 0.6) is 0 Å². The van der Waals surface area contributed by atoms with E-state index in [1.807, 2.05) is 0 Å². The van der Waals surface area contributed by atoms with Crippen molar-refractivity contribution in [1.29, 1.82) is 0 Å². The van der Waals surface area contributed by atoms with E-state index in [9.17, 15) is 19.5 Å². The summed E-state index contributed by atoms with van der Waals surface area (Å²) < 4.78 is 10.6. The van der Waals surface area contributed by atoms with Gasteiger partial charge in [0.15, 0.2) is 0 Å². The smallest absolute Gasteiger partial charge is 0.337 e. The van der Waals surface area contributed by atoms with Gasteiger partial charge in [-0.1, -0.05) is 36.1 Å². The molecule has 138 valence electrons. The predicted octanol–water partition coefficient (Wildman–Crippen LogP) is 1.68. The maximum atomic E-state index is 12.3. The predicted molar refractivity (Wildman–Crippen MR) is 100 cm³/mol. The van der Waals surface area contributed by atoms with Gasteiger partial charge in [-0.25, -0.2) is 4.79 Å². The van der Waals surface area contributed by atoms with Gasteiger partial charge in [0.1, 0.15) is 15.8 Å². The molecule has 1 aliphatic rings. The number of esters is 1. The van der Waals surface area contributed by atoms with Crippen LogP contribution in [0.2, 0.25) is 0 Å². The fourth-order valence-electron chi connectivity index (χ4n) is 2.40. The summed E-state index contributed by atoms with van der Waals surface area (Å²) in [6.45, 7) is -0.592. The molecular formula is C18H12NO6S2-. The lowest BCUT2D eigenvalue weighted by atomic mass is 10.1. The molecule has 1 aliphatic heterocycles. The largest absolute Gasteiger partial charge is 0.548 e. The second-order valence-electron chi connectivity index (χ2n) is 5.41. The second-order valence-corrected chi connectivity index (χ2v) is 7.09. The molecule has 9 heteroatoms. The number of methoxy groups -OCH3 is 1. The van der Waals surface area contributed by atoms with Gasteiger partial charge in [-0.05, 0) is 24.3 Å². The molecule has 1 fully saturated rings. The lowest BCUT2D eigenvalue weighted by Crippen LogP contribution is -2.40. The van der Waals surface area contributed by atoms with Gasteiger partial charge in [0, 0.05) is 11.6 Å². The van der Waals surface area contributed by atoms with Crippen molar-refractivity contribution in [3.8, 4) is 11.3 Å². The first-order valence-corrected chi connectivity index (χ1v) is 8.85. The summed E-state index contributed by atoms with van der Waals surface area (Å²) in [5.74, 6) is -1.47. The van der Waals surface area contributed by atoms with E-state index in [2.05, 4.69) is 0 Å². The van der Waals surface area contributed by atoms with Gasteiger partial charge in [0.2, 0.25) is 0 Å². The first kappa shape index (κ1) is 18.9. The summed E-state index contributed by atoms with van der Waals surface area (Å²) in [7, 11) is 1.30. The minimum atomic E-state index is -1.39. The fraction of sp³-hybridized carbons (Fsp3) is 0.111. The number of carbonyl (C=O) groups excluding carboxylic acids is 3. The normalized spacial score (nSPS) is 15.4. The molecule has 0 unspecified atom stereocenters. The molecule has 1 saturated heterocycles. The van der Waals surface area contributed by atoms with Gasteiger partial charge in [-0.3, -0.25) is 9.69 Å². The molecule has 0 N–H and O–H groups in total. The molecule has 0 radical (unpaired) electrons. The molecule has 7 nitrogen and oxygen atoms in total. The SMILES string of the molecule is COC(=O)c1cccc(-c2ccc(/C=C3\SC(=S)N(CC(=O)[O-])C3=O)o2)c1. The number of benzene rings is 1. The van der Waals surface area contributed by atoms with Crippen LogP contribution in [0, 0.1) is 0 Å². The molecule has 1 aromatic heterocycles. The van der Waals surface area contributed by atoms with Crippen molar-refractivity contribution in [2.75, 3.05) is 13.7 Å². The van der Waals surface area contributed by atoms with E-state index < -0.39 is 24.4 Å². The van der Waals surface area contributed by atoms with Crippen LogP contribution in [0.4, 0.5) is 0 Å². The van der Waals surface area contributed by atoms with Gasteiger partial charge >= 0.3 is 5.97 Å². The Kier molecular flexibility index (Phi) is 5.43. The molecule has 0 aliphatic carbocycles. The van der Waals surface area contributed by atoms with E-state index in [1.165, 1.54) is 13.2 Å². The Morgan fingerprint density at radius 1 is 1.33 bits per heavy atom. The number of ether oxygens (including phenoxy) is 1. The Balaban J connectivity index is 1.84. The zero-order valence-electron chi connectivity index (χ0n) is 14.0. The summed E-state index contributed by atoms with van der Waals surface area (Å²) in [6, 6.07) is 10.1. The van der Waals surface area contributed by atoms with E-state index in [4.69, 9.17) is 21.4 Å². The maximum Gasteiger partial charge on any atom is 0.337 e. The van der Waals surface area contributed by atoms with E-state index in [1.54, 1.807) is 36.4 Å². The Morgan fingerprint density at radius 3 is 2.81 bits per heavy atom. The summed E-state index contributed by atoms with van der Waals surface area (Å²) in [4.78, 5) is 35.8. The van der Waals surface area contributed by atoms with Crippen molar-refractivity contribution in [3.05, 3.63) is 52.6 Å². The van der Waals surface area contributed by atoms with Gasteiger partial charge in [-0.15, -0.1) is 0 Å². The number of aliphatic carboxylic acids is 1. The number of thiocarbonyl (C=S) groups is 1. The van der Waals surface area contributed by atoms with Crippen LogP contribution in [0.1, 0.15) is 16.1 Å². The third-order valence-electron chi connectivity index (χ3n) is 3.63. The third kappa shape index (κ3) is 4.09. The number of hydrogen-bond acceptors (Lipinski definition) is 8. The molecule has 1 amide bonds. The monoisotopic (exact) mass is 402 g/mol. The van der Waals surface area contributed by atoms with Crippen LogP contribution in [0.25, 0.3) is 17.4 Å². The fourth-order valence-corrected chi connectivity index (χ4v) is 3.63. The van der Waals surface area contributed by atoms with Crippen molar-refractivity contribution in [2.24, 2.45) is 0 Å². The Morgan fingerprint density at radius 2 is 2.11 bits per heavy atom. The Labute approximate surface area is 163 Å². The van der Waals surface area contributed by atoms with Crippen molar-refractivity contribution >= 4 is 52.2 Å². The minimum Gasteiger partial charge on any atom is -0.548 e. The number of thioether (sulfide) groups is 1. The average molecular weight is 402 g/mol. The third-order valence-corrected chi connectivity index (χ3v) is 5.01. The molecule has 0 spiro atoms. The Hall–Kier alpha value is -2.91. The number of rotatable bonds is 5. The van der Waals surface area contributed by atoms with Gasteiger partial charge in [0.05, 0.1) is 30.1 Å². The summed E-state index contributed by atoms with van der Waals surface area (Å²) >= 11 is 6.01. The first-order chi connectivity index (χ1) is 12.9. The molecule has 27 heavy (non-hydrogen) atoms. The average Bonchev–Trinajstić information content (AvgIpc) is 3.21. The molecule has 0 saturated carbocycles. The number of carboxylic acid groups (broad SMARTS) is 1. The van der Waals surface area contributed by atoms with Gasteiger partial charge < -0.3 is 19.1 Å². The van der Waals surface area contributed by atoms with Crippen LogP contribution in [-0.2, 0) is 14.3 Å². The maximum absolute atomic E-state index is 12.3. The molecule has 2 aromatic rings.